The van der Waals surface area contributed by atoms with Crippen molar-refractivity contribution in [1.29, 1.82) is 0 Å². The number of nitrogens with zero attached hydrogens (tertiary/aromatic N) is 2. The Labute approximate surface area is 204 Å². The molecule has 0 aromatic carbocycles. The highest BCUT2D eigenvalue weighted by molar-refractivity contribution is 8.03. The van der Waals surface area contributed by atoms with Gasteiger partial charge in [-0.2, -0.15) is 8.78 Å². The molecule has 14 heteroatoms. The third-order valence-corrected chi connectivity index (χ3v) is 8.74. The van der Waals surface area contributed by atoms with Crippen LogP contribution in [-0.4, -0.2) is 105 Å². The van der Waals surface area contributed by atoms with Gasteiger partial charge in [0.2, 0.25) is 11.8 Å². The molecular weight excluding hydrogens is 488 g/mol. The topological polar surface area (TPSA) is 165 Å². The lowest BCUT2D eigenvalue weighted by molar-refractivity contribution is -0.159. The Morgan fingerprint density at radius 2 is 1.97 bits per heavy atom. The number of β-lactam (4-membered cyclic amide) rings is 1. The second kappa shape index (κ2) is 9.64. The molecule has 0 radical (unpaired) electrons. The third-order valence-electron chi connectivity index (χ3n) is 7.22. The standard InChI is InChI=1S/C21H29F2N5O6S/c1-7-14-13(8(2)26-18(30)17(22)23)20(32)28(14)15(21(33)34)16(7)35-9-3-11(25-4-9)19(31)27-5-10(24)12(29)6-27/h7-14,17,25,29H,3-6,24H2,1-2H3,(H,26,30)(H,33,34)/t7-,8?,9+,10+,11+,12-,13-,14-/m1/s1. The van der Waals surface area contributed by atoms with Gasteiger partial charge in [0, 0.05) is 47.8 Å². The van der Waals surface area contributed by atoms with E-state index in [2.05, 4.69) is 10.6 Å². The molecule has 0 saturated carbocycles. The van der Waals surface area contributed by atoms with Gasteiger partial charge >= 0.3 is 12.4 Å². The van der Waals surface area contributed by atoms with Crippen molar-refractivity contribution in [3.05, 3.63) is 10.6 Å². The summed E-state index contributed by atoms with van der Waals surface area (Å²) in [6.45, 7) is 4.10. The second-order valence-corrected chi connectivity index (χ2v) is 10.9. The monoisotopic (exact) mass is 517 g/mol. The number of aliphatic hydroxyl groups is 1. The fraction of sp³-hybridized carbons (Fsp3) is 0.714. The minimum absolute atomic E-state index is 0.135. The van der Waals surface area contributed by atoms with Crippen LogP contribution in [0.3, 0.4) is 0 Å². The molecule has 4 aliphatic rings. The van der Waals surface area contributed by atoms with Crippen LogP contribution in [0.15, 0.2) is 10.6 Å². The van der Waals surface area contributed by atoms with Gasteiger partial charge in [0.1, 0.15) is 5.70 Å². The van der Waals surface area contributed by atoms with Crippen molar-refractivity contribution in [2.24, 2.45) is 17.6 Å². The molecule has 3 fully saturated rings. The van der Waals surface area contributed by atoms with E-state index in [-0.39, 0.29) is 35.9 Å². The summed E-state index contributed by atoms with van der Waals surface area (Å²) in [6, 6.07) is -2.43. The van der Waals surface area contributed by atoms with Crippen LogP contribution in [0, 0.1) is 11.8 Å². The molecule has 3 amide bonds. The SMILES string of the molecule is CC(NC(=O)C(F)F)[C@H]1C(=O)N2C(C(=O)O)=C(S[C@@H]3CN[C@H](C(=O)N4C[C@@H](O)[C@@H](N)C4)C3)[C@H](C)[C@H]12. The number of hydrogen-bond acceptors (Lipinski definition) is 8. The lowest BCUT2D eigenvalue weighted by Crippen LogP contribution is -2.66. The molecule has 11 nitrogen and oxygen atoms in total. The number of rotatable bonds is 7. The summed E-state index contributed by atoms with van der Waals surface area (Å²) >= 11 is 1.30. The summed E-state index contributed by atoms with van der Waals surface area (Å²) < 4.78 is 25.3. The molecule has 35 heavy (non-hydrogen) atoms. The minimum atomic E-state index is -3.21. The van der Waals surface area contributed by atoms with Gasteiger partial charge in [0.25, 0.3) is 5.91 Å². The summed E-state index contributed by atoms with van der Waals surface area (Å²) in [7, 11) is 0. The second-order valence-electron chi connectivity index (χ2n) is 9.54. The van der Waals surface area contributed by atoms with E-state index in [0.717, 1.165) is 0 Å². The number of alkyl halides is 2. The van der Waals surface area contributed by atoms with Gasteiger partial charge in [-0.1, -0.05) is 6.92 Å². The van der Waals surface area contributed by atoms with Crippen molar-refractivity contribution in [1.82, 2.24) is 20.4 Å². The number of likely N-dealkylation sites (tertiary alicyclic amines) is 1. The molecule has 6 N–H and O–H groups in total. The first-order valence-electron chi connectivity index (χ1n) is 11.4. The Hall–Kier alpha value is -2.29. The third kappa shape index (κ3) is 4.52. The summed E-state index contributed by atoms with van der Waals surface area (Å²) in [6.07, 6.45) is -3.55. The van der Waals surface area contributed by atoms with Gasteiger partial charge < -0.3 is 36.4 Å². The largest absolute Gasteiger partial charge is 0.477 e. The first kappa shape index (κ1) is 25.8. The number of carbonyl (C=O) groups excluding carboxylic acids is 3. The molecular formula is C21H29F2N5O6S. The summed E-state index contributed by atoms with van der Waals surface area (Å²) in [5.74, 6) is -4.65. The highest BCUT2D eigenvalue weighted by Gasteiger charge is 2.60. The van der Waals surface area contributed by atoms with Gasteiger partial charge in [-0.3, -0.25) is 14.4 Å². The molecule has 0 aromatic rings. The first-order chi connectivity index (χ1) is 16.4. The molecule has 8 atom stereocenters. The Morgan fingerprint density at radius 1 is 1.29 bits per heavy atom. The highest BCUT2D eigenvalue weighted by Crippen LogP contribution is 2.51. The van der Waals surface area contributed by atoms with Crippen molar-refractivity contribution >= 4 is 35.5 Å². The maximum Gasteiger partial charge on any atom is 0.353 e. The van der Waals surface area contributed by atoms with Crippen LogP contribution in [0.2, 0.25) is 0 Å². The quantitative estimate of drug-likeness (QED) is 0.253. The van der Waals surface area contributed by atoms with Gasteiger partial charge in [-0.05, 0) is 13.3 Å². The van der Waals surface area contributed by atoms with Gasteiger partial charge in [0.15, 0.2) is 0 Å². The molecule has 194 valence electrons. The Kier molecular flexibility index (Phi) is 7.10. The predicted molar refractivity (Wildman–Crippen MR) is 120 cm³/mol. The van der Waals surface area contributed by atoms with Crippen molar-refractivity contribution in [2.75, 3.05) is 19.6 Å². The van der Waals surface area contributed by atoms with Crippen LogP contribution in [-0.2, 0) is 19.2 Å². The molecule has 1 unspecified atom stereocenters. The van der Waals surface area contributed by atoms with E-state index in [9.17, 15) is 38.2 Å². The van der Waals surface area contributed by atoms with E-state index >= 15 is 0 Å². The van der Waals surface area contributed by atoms with E-state index in [1.807, 2.05) is 0 Å². The zero-order valence-electron chi connectivity index (χ0n) is 19.2. The van der Waals surface area contributed by atoms with Crippen LogP contribution in [0.4, 0.5) is 8.78 Å². The number of carboxylic acids is 1. The number of hydrogen-bond donors (Lipinski definition) is 5. The molecule has 0 aromatic heterocycles. The minimum Gasteiger partial charge on any atom is -0.477 e. The molecule has 3 saturated heterocycles. The first-order valence-corrected chi connectivity index (χ1v) is 12.3. The summed E-state index contributed by atoms with van der Waals surface area (Å²) in [5.41, 5.74) is 5.66. The van der Waals surface area contributed by atoms with Crippen LogP contribution in [0.5, 0.6) is 0 Å². The number of halogens is 2. The number of β-amino-alcohol motifs (C(OH)–C–C–N with tert-alkyl or cyclic N) is 1. The van der Waals surface area contributed by atoms with Crippen LogP contribution >= 0.6 is 11.8 Å². The van der Waals surface area contributed by atoms with Crippen LogP contribution in [0.25, 0.3) is 0 Å². The number of thioether (sulfide) groups is 1. The molecule has 4 aliphatic heterocycles. The molecule has 0 bridgehead atoms. The number of amides is 3. The zero-order valence-corrected chi connectivity index (χ0v) is 20.0. The normalized spacial score (nSPS) is 35.4. The van der Waals surface area contributed by atoms with Crippen molar-refractivity contribution < 1.29 is 38.2 Å². The van der Waals surface area contributed by atoms with Crippen molar-refractivity contribution in [2.45, 2.75) is 62.2 Å². The predicted octanol–water partition coefficient (Wildman–Crippen LogP) is -1.48. The number of aliphatic carboxylic acids is 1. The lowest BCUT2D eigenvalue weighted by atomic mass is 9.78. The molecule has 0 spiro atoms. The van der Waals surface area contributed by atoms with Gasteiger partial charge in [-0.15, -0.1) is 11.8 Å². The summed E-state index contributed by atoms with van der Waals surface area (Å²) in [4.78, 5) is 52.3. The number of nitrogens with one attached hydrogen (secondary N) is 2. The van der Waals surface area contributed by atoms with E-state index in [1.165, 1.54) is 28.5 Å². The number of aliphatic hydroxyl groups excluding tert-OH is 1. The zero-order chi connectivity index (χ0) is 25.8. The molecule has 4 rings (SSSR count). The highest BCUT2D eigenvalue weighted by atomic mass is 32.2. The van der Waals surface area contributed by atoms with Crippen molar-refractivity contribution in [3.8, 4) is 0 Å². The van der Waals surface area contributed by atoms with Crippen molar-refractivity contribution in [3.63, 3.8) is 0 Å². The van der Waals surface area contributed by atoms with E-state index in [0.29, 0.717) is 17.9 Å². The average molecular weight is 518 g/mol. The number of fused-ring (bicyclic) bond motifs is 1. The average Bonchev–Trinajstić information content (AvgIpc) is 3.44. The Balaban J connectivity index is 1.44. The number of nitrogens with two attached hydrogens (primary N) is 1. The Bertz CT molecular complexity index is 956. The van der Waals surface area contributed by atoms with Gasteiger partial charge in [-0.25, -0.2) is 4.79 Å². The fourth-order valence-corrected chi connectivity index (χ4v) is 6.93. The Morgan fingerprint density at radius 3 is 2.54 bits per heavy atom. The lowest BCUT2D eigenvalue weighted by Gasteiger charge is -2.47. The van der Waals surface area contributed by atoms with Gasteiger partial charge in [0.05, 0.1) is 24.1 Å². The van der Waals surface area contributed by atoms with E-state index in [1.54, 1.807) is 6.92 Å². The van der Waals surface area contributed by atoms with Crippen LogP contribution < -0.4 is 16.4 Å². The number of carbonyl (C=O) groups is 4. The van der Waals surface area contributed by atoms with E-state index in [4.69, 9.17) is 5.73 Å². The van der Waals surface area contributed by atoms with E-state index < -0.39 is 60.4 Å². The maximum atomic E-state index is 12.8. The fourth-order valence-electron chi connectivity index (χ4n) is 5.45. The smallest absolute Gasteiger partial charge is 0.353 e. The molecule has 0 aliphatic carbocycles. The van der Waals surface area contributed by atoms with Crippen LogP contribution in [0.1, 0.15) is 20.3 Å². The maximum absolute atomic E-state index is 12.8. The summed E-state index contributed by atoms with van der Waals surface area (Å²) in [5, 5.41) is 24.8. The number of carboxylic acid groups (broad SMARTS) is 1. The molecule has 4 heterocycles.